The third-order valence-electron chi connectivity index (χ3n) is 2.42. The van der Waals surface area contributed by atoms with E-state index in [2.05, 4.69) is 15.9 Å². The number of carbonyl (C=O) groups is 1. The maximum atomic E-state index is 11.1. The molecule has 5 nitrogen and oxygen atoms in total. The molecular formula is C12H9BrO5S. The van der Waals surface area contributed by atoms with Crippen LogP contribution in [0.5, 0.6) is 5.75 Å². The maximum Gasteiger partial charge on any atom is 0.321 e. The molecule has 0 aliphatic rings. The number of halogens is 1. The Balaban J connectivity index is 2.43. The number of hydrogen-bond donors (Lipinski definition) is 1. The average Bonchev–Trinajstić information content (AvgIpc) is 2.36. The van der Waals surface area contributed by atoms with Crippen molar-refractivity contribution in [3.63, 3.8) is 0 Å². The molecule has 2 rings (SSSR count). The number of hydrogen-bond acceptors (Lipinski definition) is 4. The minimum atomic E-state index is -4.22. The van der Waals surface area contributed by atoms with Crippen LogP contribution in [0.15, 0.2) is 41.3 Å². The fourth-order valence-electron chi connectivity index (χ4n) is 1.58. The van der Waals surface area contributed by atoms with Crippen molar-refractivity contribution in [2.45, 2.75) is 4.90 Å². The first-order valence-corrected chi connectivity index (χ1v) is 7.74. The monoisotopic (exact) mass is 344 g/mol. The summed E-state index contributed by atoms with van der Waals surface area (Å²) in [4.78, 5) is 10.9. The van der Waals surface area contributed by atoms with Crippen molar-refractivity contribution >= 4 is 42.8 Å². The first-order chi connectivity index (χ1) is 8.90. The third kappa shape index (κ3) is 3.31. The molecule has 0 saturated heterocycles. The topological polar surface area (TPSA) is 80.7 Å². The van der Waals surface area contributed by atoms with Gasteiger partial charge in [-0.05, 0) is 35.0 Å². The van der Waals surface area contributed by atoms with Gasteiger partial charge in [-0.15, -0.1) is 0 Å². The molecule has 2 aromatic carbocycles. The molecule has 0 radical (unpaired) electrons. The summed E-state index contributed by atoms with van der Waals surface area (Å²) >= 11 is 2.98. The molecule has 0 aliphatic heterocycles. The van der Waals surface area contributed by atoms with Crippen LogP contribution < -0.4 is 4.74 Å². The molecule has 0 atom stereocenters. The van der Waals surface area contributed by atoms with E-state index < -0.39 is 16.1 Å². The van der Waals surface area contributed by atoms with Gasteiger partial charge in [0, 0.05) is 0 Å². The summed E-state index contributed by atoms with van der Waals surface area (Å²) < 4.78 is 36.0. The number of rotatable bonds is 3. The molecule has 100 valence electrons. The number of ether oxygens (including phenoxy) is 1. The Bertz CT molecular complexity index is 739. The van der Waals surface area contributed by atoms with Crippen LogP contribution in [0, 0.1) is 0 Å². The van der Waals surface area contributed by atoms with Crippen molar-refractivity contribution in [2.24, 2.45) is 0 Å². The molecule has 0 amide bonds. The highest BCUT2D eigenvalue weighted by Gasteiger charge is 2.10. The lowest BCUT2D eigenvalue weighted by molar-refractivity contribution is -0.131. The lowest BCUT2D eigenvalue weighted by atomic mass is 10.1. The van der Waals surface area contributed by atoms with E-state index in [1.54, 1.807) is 18.2 Å². The summed E-state index contributed by atoms with van der Waals surface area (Å²) in [6.45, 7) is 0. The second-order valence-electron chi connectivity index (χ2n) is 3.75. The Kier molecular flexibility index (Phi) is 3.88. The van der Waals surface area contributed by atoms with Crippen LogP contribution in [0.2, 0.25) is 0 Å². The lowest BCUT2D eigenvalue weighted by Gasteiger charge is -2.05. The molecule has 0 spiro atoms. The van der Waals surface area contributed by atoms with Crippen molar-refractivity contribution < 1.29 is 22.5 Å². The van der Waals surface area contributed by atoms with Gasteiger partial charge in [0.1, 0.15) is 11.1 Å². The largest absolute Gasteiger partial charge is 0.426 e. The highest BCUT2D eigenvalue weighted by molar-refractivity contribution is 9.09. The molecule has 0 bridgehead atoms. The summed E-state index contributed by atoms with van der Waals surface area (Å²) in [5, 5.41) is 1.41. The van der Waals surface area contributed by atoms with Crippen molar-refractivity contribution in [2.75, 3.05) is 5.33 Å². The number of benzene rings is 2. The fourth-order valence-corrected chi connectivity index (χ4v) is 2.21. The molecule has 0 aromatic heterocycles. The van der Waals surface area contributed by atoms with Crippen molar-refractivity contribution in [3.8, 4) is 5.75 Å². The second kappa shape index (κ2) is 5.28. The van der Waals surface area contributed by atoms with Crippen LogP contribution in [0.1, 0.15) is 0 Å². The van der Waals surface area contributed by atoms with Gasteiger partial charge >= 0.3 is 5.97 Å². The molecule has 2 aromatic rings. The van der Waals surface area contributed by atoms with Crippen LogP contribution in [0.25, 0.3) is 10.8 Å². The number of alkyl halides is 1. The lowest BCUT2D eigenvalue weighted by Crippen LogP contribution is -2.08. The summed E-state index contributed by atoms with van der Waals surface area (Å²) in [6, 6.07) is 8.94. The Hall–Kier alpha value is -1.44. The third-order valence-corrected chi connectivity index (χ3v) is 3.73. The van der Waals surface area contributed by atoms with Crippen LogP contribution in [0.3, 0.4) is 0 Å². The molecule has 0 saturated carbocycles. The van der Waals surface area contributed by atoms with Crippen LogP contribution >= 0.6 is 15.9 Å². The van der Waals surface area contributed by atoms with Gasteiger partial charge in [0.15, 0.2) is 0 Å². The van der Waals surface area contributed by atoms with Crippen LogP contribution in [-0.2, 0) is 14.9 Å². The minimum absolute atomic E-state index is 0.0900. The number of fused-ring (bicyclic) bond motifs is 1. The van der Waals surface area contributed by atoms with Gasteiger partial charge in [0.05, 0.1) is 4.90 Å². The highest BCUT2D eigenvalue weighted by atomic mass is 79.9. The van der Waals surface area contributed by atoms with Gasteiger partial charge in [-0.2, -0.15) is 8.42 Å². The predicted octanol–water partition coefficient (Wildman–Crippen LogP) is 2.39. The summed E-state index contributed by atoms with van der Waals surface area (Å²) in [5.41, 5.74) is 0. The Labute approximate surface area is 118 Å². The molecule has 0 fully saturated rings. The predicted molar refractivity (Wildman–Crippen MR) is 73.2 cm³/mol. The molecule has 0 heterocycles. The standard InChI is InChI=1S/C12H9BrO5S/c13-7-12(14)18-10-3-1-9-6-11(19(15,16)17)4-2-8(9)5-10/h1-6H,7H2,(H,15,16,17). The quantitative estimate of drug-likeness (QED) is 0.400. The number of esters is 1. The normalized spacial score (nSPS) is 11.5. The molecule has 1 N–H and O–H groups in total. The second-order valence-corrected chi connectivity index (χ2v) is 5.74. The zero-order valence-electron chi connectivity index (χ0n) is 9.54. The van der Waals surface area contributed by atoms with Crippen molar-refractivity contribution in [3.05, 3.63) is 36.4 Å². The summed E-state index contributed by atoms with van der Waals surface area (Å²) in [5.74, 6) is -0.0505. The number of carbonyl (C=O) groups excluding carboxylic acids is 1. The van der Waals surface area contributed by atoms with Crippen LogP contribution in [0.4, 0.5) is 0 Å². The first kappa shape index (κ1) is 14.0. The van der Waals surface area contributed by atoms with Gasteiger partial charge in [0.25, 0.3) is 10.1 Å². The average molecular weight is 345 g/mol. The van der Waals surface area contributed by atoms with E-state index >= 15 is 0 Å². The Morgan fingerprint density at radius 1 is 1.16 bits per heavy atom. The maximum absolute atomic E-state index is 11.1. The van der Waals surface area contributed by atoms with Crippen molar-refractivity contribution in [1.82, 2.24) is 0 Å². The van der Waals surface area contributed by atoms with E-state index in [9.17, 15) is 13.2 Å². The SMILES string of the molecule is O=C(CBr)Oc1ccc2cc(S(=O)(=O)O)ccc2c1. The van der Waals surface area contributed by atoms with E-state index in [1.165, 1.54) is 18.2 Å². The Morgan fingerprint density at radius 3 is 2.42 bits per heavy atom. The minimum Gasteiger partial charge on any atom is -0.426 e. The summed E-state index contributed by atoms with van der Waals surface area (Å²) in [7, 11) is -4.22. The molecule has 7 heteroatoms. The fraction of sp³-hybridized carbons (Fsp3) is 0.0833. The van der Waals surface area contributed by atoms with Gasteiger partial charge < -0.3 is 4.74 Å². The highest BCUT2D eigenvalue weighted by Crippen LogP contribution is 2.23. The van der Waals surface area contributed by atoms with E-state index in [0.29, 0.717) is 16.5 Å². The Morgan fingerprint density at radius 2 is 1.79 bits per heavy atom. The van der Waals surface area contributed by atoms with E-state index in [4.69, 9.17) is 9.29 Å². The molecule has 0 aliphatic carbocycles. The van der Waals surface area contributed by atoms with Crippen molar-refractivity contribution in [1.29, 1.82) is 0 Å². The smallest absolute Gasteiger partial charge is 0.321 e. The van der Waals surface area contributed by atoms with Gasteiger partial charge in [-0.3, -0.25) is 9.35 Å². The zero-order chi connectivity index (χ0) is 14.0. The van der Waals surface area contributed by atoms with Gasteiger partial charge in [-0.25, -0.2) is 0 Å². The van der Waals surface area contributed by atoms with Gasteiger partial charge in [-0.1, -0.05) is 28.1 Å². The van der Waals surface area contributed by atoms with E-state index in [-0.39, 0.29) is 10.2 Å². The zero-order valence-corrected chi connectivity index (χ0v) is 11.9. The molecule has 19 heavy (non-hydrogen) atoms. The van der Waals surface area contributed by atoms with E-state index in [1.807, 2.05) is 0 Å². The summed E-state index contributed by atoms with van der Waals surface area (Å²) in [6.07, 6.45) is 0. The molecule has 0 unspecified atom stereocenters. The van der Waals surface area contributed by atoms with E-state index in [0.717, 1.165) is 0 Å². The molecular weight excluding hydrogens is 336 g/mol. The van der Waals surface area contributed by atoms with Gasteiger partial charge in [0.2, 0.25) is 0 Å². The first-order valence-electron chi connectivity index (χ1n) is 5.18. The van der Waals surface area contributed by atoms with Crippen LogP contribution in [-0.4, -0.2) is 24.3 Å².